The second kappa shape index (κ2) is 5.32. The number of rotatable bonds is 3. The van der Waals surface area contributed by atoms with Gasteiger partial charge >= 0.3 is 0 Å². The van der Waals surface area contributed by atoms with Gasteiger partial charge in [-0.1, -0.05) is 0 Å². The fourth-order valence-electron chi connectivity index (χ4n) is 1.84. The van der Waals surface area contributed by atoms with Crippen LogP contribution in [0.15, 0.2) is 21.3 Å². The number of halogens is 2. The molecule has 0 N–H and O–H groups in total. The standard InChI is InChI=1S/C12H11Br2NO3/c1-16-9-6-4-5-15-12(14)7(6)8(13)10(17-2)11(9)18-3/h4-5H,1-3H3. The van der Waals surface area contributed by atoms with Crippen LogP contribution in [0.4, 0.5) is 0 Å². The molecule has 0 bridgehead atoms. The van der Waals surface area contributed by atoms with Crippen molar-refractivity contribution in [3.63, 3.8) is 0 Å². The second-order valence-electron chi connectivity index (χ2n) is 3.44. The lowest BCUT2D eigenvalue weighted by Crippen LogP contribution is -1.98. The number of nitrogens with zero attached hydrogens (tertiary/aromatic N) is 1. The zero-order valence-corrected chi connectivity index (χ0v) is 13.3. The first-order chi connectivity index (χ1) is 8.65. The summed E-state index contributed by atoms with van der Waals surface area (Å²) >= 11 is 6.95. The van der Waals surface area contributed by atoms with Gasteiger partial charge in [0.1, 0.15) is 4.60 Å². The third kappa shape index (κ3) is 1.93. The van der Waals surface area contributed by atoms with Gasteiger partial charge in [0.25, 0.3) is 0 Å². The van der Waals surface area contributed by atoms with E-state index in [0.29, 0.717) is 21.9 Å². The summed E-state index contributed by atoms with van der Waals surface area (Å²) in [5.41, 5.74) is 0. The van der Waals surface area contributed by atoms with E-state index in [2.05, 4.69) is 36.8 Å². The van der Waals surface area contributed by atoms with Crippen LogP contribution in [-0.4, -0.2) is 26.3 Å². The molecule has 0 saturated carbocycles. The average Bonchev–Trinajstić information content (AvgIpc) is 2.38. The van der Waals surface area contributed by atoms with Crippen molar-refractivity contribution in [1.29, 1.82) is 0 Å². The van der Waals surface area contributed by atoms with E-state index in [4.69, 9.17) is 14.2 Å². The molecule has 0 spiro atoms. The molecular weight excluding hydrogens is 366 g/mol. The molecule has 18 heavy (non-hydrogen) atoms. The molecule has 4 nitrogen and oxygen atoms in total. The third-order valence-corrected chi connectivity index (χ3v) is 3.95. The number of aromatic nitrogens is 1. The molecule has 0 fully saturated rings. The number of hydrogen-bond acceptors (Lipinski definition) is 4. The highest BCUT2D eigenvalue weighted by Crippen LogP contribution is 2.50. The molecule has 2 aromatic rings. The first-order valence-corrected chi connectivity index (χ1v) is 6.65. The van der Waals surface area contributed by atoms with Crippen LogP contribution in [0.3, 0.4) is 0 Å². The van der Waals surface area contributed by atoms with Crippen molar-refractivity contribution >= 4 is 42.6 Å². The Morgan fingerprint density at radius 2 is 1.56 bits per heavy atom. The molecular formula is C12H11Br2NO3. The van der Waals surface area contributed by atoms with Gasteiger partial charge in [0, 0.05) is 17.0 Å². The summed E-state index contributed by atoms with van der Waals surface area (Å²) in [4.78, 5) is 4.21. The van der Waals surface area contributed by atoms with Crippen molar-refractivity contribution in [3.05, 3.63) is 21.3 Å². The minimum absolute atomic E-state index is 0.553. The van der Waals surface area contributed by atoms with E-state index in [1.165, 1.54) is 0 Å². The number of methoxy groups -OCH3 is 3. The van der Waals surface area contributed by atoms with Gasteiger partial charge in [-0.3, -0.25) is 0 Å². The zero-order valence-electron chi connectivity index (χ0n) is 10.1. The first kappa shape index (κ1) is 13.4. The van der Waals surface area contributed by atoms with Crippen LogP contribution in [0.1, 0.15) is 0 Å². The average molecular weight is 377 g/mol. The van der Waals surface area contributed by atoms with Crippen LogP contribution < -0.4 is 14.2 Å². The summed E-state index contributed by atoms with van der Waals surface area (Å²) < 4.78 is 17.7. The van der Waals surface area contributed by atoms with Gasteiger partial charge in [0.2, 0.25) is 5.75 Å². The molecule has 0 saturated heterocycles. The number of ether oxygens (including phenoxy) is 3. The predicted octanol–water partition coefficient (Wildman–Crippen LogP) is 3.79. The molecule has 2 rings (SSSR count). The Labute approximate surface area is 122 Å². The van der Waals surface area contributed by atoms with Gasteiger partial charge in [-0.15, -0.1) is 0 Å². The predicted molar refractivity (Wildman–Crippen MR) is 76.8 cm³/mol. The minimum atomic E-state index is 0.553. The molecule has 1 heterocycles. The topological polar surface area (TPSA) is 40.6 Å². The molecule has 6 heteroatoms. The maximum atomic E-state index is 5.43. The molecule has 0 amide bonds. The quantitative estimate of drug-likeness (QED) is 0.764. The first-order valence-electron chi connectivity index (χ1n) is 5.07. The highest BCUT2D eigenvalue weighted by atomic mass is 79.9. The minimum Gasteiger partial charge on any atom is -0.492 e. The maximum absolute atomic E-state index is 5.43. The van der Waals surface area contributed by atoms with E-state index in [9.17, 15) is 0 Å². The maximum Gasteiger partial charge on any atom is 0.205 e. The fourth-order valence-corrected chi connectivity index (χ4v) is 3.38. The van der Waals surface area contributed by atoms with Gasteiger partial charge < -0.3 is 14.2 Å². The Kier molecular flexibility index (Phi) is 3.97. The molecule has 0 radical (unpaired) electrons. The lowest BCUT2D eigenvalue weighted by atomic mass is 10.1. The highest BCUT2D eigenvalue weighted by Gasteiger charge is 2.22. The molecule has 1 aromatic carbocycles. The van der Waals surface area contributed by atoms with Gasteiger partial charge in [-0.2, -0.15) is 0 Å². The van der Waals surface area contributed by atoms with E-state index in [-0.39, 0.29) is 0 Å². The third-order valence-electron chi connectivity index (χ3n) is 2.59. The van der Waals surface area contributed by atoms with E-state index < -0.39 is 0 Å². The number of benzene rings is 1. The van der Waals surface area contributed by atoms with E-state index in [1.807, 2.05) is 6.07 Å². The summed E-state index contributed by atoms with van der Waals surface area (Å²) in [6, 6.07) is 1.87. The van der Waals surface area contributed by atoms with E-state index in [1.54, 1.807) is 27.5 Å². The monoisotopic (exact) mass is 375 g/mol. The SMILES string of the molecule is COc1c(OC)c(Br)c2c(Br)nccc2c1OC. The smallest absolute Gasteiger partial charge is 0.205 e. The summed E-state index contributed by atoms with van der Waals surface area (Å²) in [6.07, 6.45) is 1.70. The Bertz CT molecular complexity index is 602. The van der Waals surface area contributed by atoms with Crippen LogP contribution in [0.25, 0.3) is 10.8 Å². The summed E-state index contributed by atoms with van der Waals surface area (Å²) in [5.74, 6) is 1.75. The fraction of sp³-hybridized carbons (Fsp3) is 0.250. The van der Waals surface area contributed by atoms with Crippen LogP contribution in [-0.2, 0) is 0 Å². The largest absolute Gasteiger partial charge is 0.492 e. The van der Waals surface area contributed by atoms with Crippen molar-refractivity contribution in [2.24, 2.45) is 0 Å². The molecule has 0 unspecified atom stereocenters. The van der Waals surface area contributed by atoms with Gasteiger partial charge in [0.05, 0.1) is 25.8 Å². The number of fused-ring (bicyclic) bond motifs is 1. The number of hydrogen-bond donors (Lipinski definition) is 0. The van der Waals surface area contributed by atoms with Crippen LogP contribution in [0, 0.1) is 0 Å². The van der Waals surface area contributed by atoms with Crippen molar-refractivity contribution in [1.82, 2.24) is 4.98 Å². The Morgan fingerprint density at radius 3 is 2.11 bits per heavy atom. The lowest BCUT2D eigenvalue weighted by Gasteiger charge is -2.17. The molecule has 0 atom stereocenters. The summed E-state index contributed by atoms with van der Waals surface area (Å²) in [7, 11) is 4.76. The molecule has 1 aromatic heterocycles. The van der Waals surface area contributed by atoms with Crippen molar-refractivity contribution in [2.75, 3.05) is 21.3 Å². The van der Waals surface area contributed by atoms with Crippen molar-refractivity contribution in [3.8, 4) is 17.2 Å². The molecule has 96 valence electrons. The molecule has 0 aliphatic rings. The van der Waals surface area contributed by atoms with Gasteiger partial charge in [-0.25, -0.2) is 4.98 Å². The zero-order chi connectivity index (χ0) is 13.3. The Balaban J connectivity index is 3.00. The Hall–Kier alpha value is -1.01. The second-order valence-corrected chi connectivity index (χ2v) is 4.98. The van der Waals surface area contributed by atoms with Crippen LogP contribution >= 0.6 is 31.9 Å². The van der Waals surface area contributed by atoms with Gasteiger partial charge in [0.15, 0.2) is 11.5 Å². The van der Waals surface area contributed by atoms with Crippen molar-refractivity contribution < 1.29 is 14.2 Å². The highest BCUT2D eigenvalue weighted by molar-refractivity contribution is 9.11. The van der Waals surface area contributed by atoms with Gasteiger partial charge in [-0.05, 0) is 37.9 Å². The van der Waals surface area contributed by atoms with Crippen LogP contribution in [0.2, 0.25) is 0 Å². The normalized spacial score (nSPS) is 10.5. The van der Waals surface area contributed by atoms with Crippen molar-refractivity contribution in [2.45, 2.75) is 0 Å². The Morgan fingerprint density at radius 1 is 0.944 bits per heavy atom. The lowest BCUT2D eigenvalue weighted by molar-refractivity contribution is 0.326. The number of pyridine rings is 1. The molecule has 0 aliphatic carbocycles. The van der Waals surface area contributed by atoms with E-state index in [0.717, 1.165) is 15.2 Å². The molecule has 0 aliphatic heterocycles. The summed E-state index contributed by atoms with van der Waals surface area (Å²) in [6.45, 7) is 0. The van der Waals surface area contributed by atoms with E-state index >= 15 is 0 Å². The van der Waals surface area contributed by atoms with Crippen LogP contribution in [0.5, 0.6) is 17.2 Å². The summed E-state index contributed by atoms with van der Waals surface area (Å²) in [5, 5.41) is 1.77.